The first kappa shape index (κ1) is 17.9. The van der Waals surface area contributed by atoms with Crippen molar-refractivity contribution in [2.45, 2.75) is 51.2 Å². The second kappa shape index (κ2) is 7.29. The predicted octanol–water partition coefficient (Wildman–Crippen LogP) is 1.19. The molecule has 1 spiro atoms. The number of aryl methyl sites for hydroxylation is 1. The topological polar surface area (TPSA) is 81.7 Å². The Morgan fingerprint density at radius 3 is 2.92 bits per heavy atom. The van der Waals surface area contributed by atoms with E-state index in [1.165, 1.54) is 0 Å². The average Bonchev–Trinajstić information content (AvgIpc) is 3.22. The van der Waals surface area contributed by atoms with Gasteiger partial charge in [0.05, 0.1) is 25.0 Å². The summed E-state index contributed by atoms with van der Waals surface area (Å²) in [6.07, 6.45) is 6.79. The van der Waals surface area contributed by atoms with Gasteiger partial charge in [-0.05, 0) is 51.0 Å². The largest absolute Gasteiger partial charge is 0.392 e. The van der Waals surface area contributed by atoms with E-state index in [4.69, 9.17) is 4.74 Å². The van der Waals surface area contributed by atoms with E-state index >= 15 is 0 Å². The number of carbonyl (C=O) groups is 1. The van der Waals surface area contributed by atoms with Crippen molar-refractivity contribution in [2.24, 2.45) is 5.41 Å². The van der Waals surface area contributed by atoms with Crippen molar-refractivity contribution in [3.05, 3.63) is 17.7 Å². The van der Waals surface area contributed by atoms with E-state index in [2.05, 4.69) is 14.9 Å². The standard InChI is InChI=1S/C19H30N4O3/c1-14-20-10-17(21-14)18(25)23-7-4-19(5-8-23)9-16(26-13-19)12-22-6-2-3-15(24)11-22/h10,15-16,24H,2-9,11-13H2,1H3,(H,20,21)/t15-,16+/m0/s1. The molecule has 0 aliphatic carbocycles. The van der Waals surface area contributed by atoms with E-state index in [0.29, 0.717) is 5.69 Å². The van der Waals surface area contributed by atoms with Gasteiger partial charge in [0.2, 0.25) is 0 Å². The summed E-state index contributed by atoms with van der Waals surface area (Å²) in [5.74, 6) is 0.829. The molecule has 3 saturated heterocycles. The first-order valence-corrected chi connectivity index (χ1v) is 9.86. The molecule has 3 aliphatic heterocycles. The predicted molar refractivity (Wildman–Crippen MR) is 96.9 cm³/mol. The van der Waals surface area contributed by atoms with Crippen molar-refractivity contribution >= 4 is 5.91 Å². The number of aliphatic hydroxyl groups excluding tert-OH is 1. The fourth-order valence-corrected chi connectivity index (χ4v) is 4.73. The quantitative estimate of drug-likeness (QED) is 0.844. The summed E-state index contributed by atoms with van der Waals surface area (Å²) in [6.45, 7) is 7.01. The molecule has 1 amide bonds. The van der Waals surface area contributed by atoms with Crippen LogP contribution in [0, 0.1) is 12.3 Å². The number of amides is 1. The molecule has 0 aromatic carbocycles. The molecular weight excluding hydrogens is 332 g/mol. The summed E-state index contributed by atoms with van der Waals surface area (Å²) in [7, 11) is 0. The highest BCUT2D eigenvalue weighted by atomic mass is 16.5. The number of hydrogen-bond acceptors (Lipinski definition) is 5. The van der Waals surface area contributed by atoms with Crippen LogP contribution in [-0.4, -0.2) is 82.3 Å². The third kappa shape index (κ3) is 3.80. The molecule has 0 unspecified atom stereocenters. The van der Waals surface area contributed by atoms with Crippen LogP contribution in [0.4, 0.5) is 0 Å². The first-order chi connectivity index (χ1) is 12.5. The molecule has 4 heterocycles. The zero-order valence-corrected chi connectivity index (χ0v) is 15.6. The number of hydrogen-bond donors (Lipinski definition) is 2. The Bertz CT molecular complexity index is 638. The summed E-state index contributed by atoms with van der Waals surface area (Å²) in [4.78, 5) is 24.0. The number of nitrogens with zero attached hydrogens (tertiary/aromatic N) is 3. The minimum Gasteiger partial charge on any atom is -0.392 e. The van der Waals surface area contributed by atoms with Crippen molar-refractivity contribution in [3.63, 3.8) is 0 Å². The van der Waals surface area contributed by atoms with E-state index in [-0.39, 0.29) is 23.5 Å². The molecule has 1 aromatic rings. The van der Waals surface area contributed by atoms with Gasteiger partial charge in [-0.2, -0.15) is 0 Å². The van der Waals surface area contributed by atoms with E-state index in [1.54, 1.807) is 6.20 Å². The van der Waals surface area contributed by atoms with Crippen LogP contribution in [-0.2, 0) is 4.74 Å². The average molecular weight is 362 g/mol. The smallest absolute Gasteiger partial charge is 0.271 e. The van der Waals surface area contributed by atoms with Gasteiger partial charge in [0, 0.05) is 26.2 Å². The Kier molecular flexibility index (Phi) is 5.03. The molecule has 4 rings (SSSR count). The third-order valence-electron chi connectivity index (χ3n) is 6.27. The third-order valence-corrected chi connectivity index (χ3v) is 6.27. The van der Waals surface area contributed by atoms with Crippen LogP contribution in [0.2, 0.25) is 0 Å². The van der Waals surface area contributed by atoms with Crippen LogP contribution in [0.15, 0.2) is 6.20 Å². The lowest BCUT2D eigenvalue weighted by Crippen LogP contribution is -2.44. The Morgan fingerprint density at radius 2 is 2.23 bits per heavy atom. The maximum absolute atomic E-state index is 12.6. The maximum atomic E-state index is 12.6. The lowest BCUT2D eigenvalue weighted by atomic mass is 9.76. The number of β-amino-alcohol motifs (C(OH)–C–C–N with tert-alkyl or cyclic N) is 1. The summed E-state index contributed by atoms with van der Waals surface area (Å²) in [6, 6.07) is 0. The van der Waals surface area contributed by atoms with Crippen LogP contribution in [0.1, 0.15) is 48.4 Å². The number of H-pyrrole nitrogens is 1. The number of ether oxygens (including phenoxy) is 1. The lowest BCUT2D eigenvalue weighted by molar-refractivity contribution is 0.0227. The van der Waals surface area contributed by atoms with E-state index < -0.39 is 0 Å². The van der Waals surface area contributed by atoms with E-state index in [9.17, 15) is 9.90 Å². The molecule has 7 nitrogen and oxygen atoms in total. The Morgan fingerprint density at radius 1 is 1.42 bits per heavy atom. The molecular formula is C19H30N4O3. The number of aliphatic hydroxyl groups is 1. The molecule has 2 atom stereocenters. The van der Waals surface area contributed by atoms with Crippen molar-refractivity contribution in [1.29, 1.82) is 0 Å². The lowest BCUT2D eigenvalue weighted by Gasteiger charge is -2.38. The van der Waals surface area contributed by atoms with Crippen molar-refractivity contribution in [3.8, 4) is 0 Å². The normalized spacial score (nSPS) is 29.4. The van der Waals surface area contributed by atoms with Gasteiger partial charge < -0.3 is 19.7 Å². The number of piperidine rings is 2. The minimum absolute atomic E-state index is 0.0539. The van der Waals surface area contributed by atoms with Gasteiger partial charge in [-0.3, -0.25) is 9.69 Å². The van der Waals surface area contributed by atoms with Crippen LogP contribution in [0.5, 0.6) is 0 Å². The number of aromatic amines is 1. The number of imidazole rings is 1. The highest BCUT2D eigenvalue weighted by Gasteiger charge is 2.43. The fourth-order valence-electron chi connectivity index (χ4n) is 4.73. The van der Waals surface area contributed by atoms with Gasteiger partial charge in [-0.1, -0.05) is 0 Å². The highest BCUT2D eigenvalue weighted by Crippen LogP contribution is 2.42. The molecule has 0 bridgehead atoms. The SMILES string of the molecule is Cc1ncc(C(=O)N2CCC3(CC2)CO[C@@H](CN2CCC[C@H](O)C2)C3)[nH]1. The highest BCUT2D eigenvalue weighted by molar-refractivity contribution is 5.92. The van der Waals surface area contributed by atoms with Crippen molar-refractivity contribution in [1.82, 2.24) is 19.8 Å². The zero-order valence-electron chi connectivity index (χ0n) is 15.6. The summed E-state index contributed by atoms with van der Waals surface area (Å²) < 4.78 is 6.13. The number of aromatic nitrogens is 2. The van der Waals surface area contributed by atoms with Crippen LogP contribution < -0.4 is 0 Å². The summed E-state index contributed by atoms with van der Waals surface area (Å²) in [5.41, 5.74) is 0.808. The van der Waals surface area contributed by atoms with Crippen LogP contribution in [0.25, 0.3) is 0 Å². The molecule has 7 heteroatoms. The number of nitrogens with one attached hydrogen (secondary N) is 1. The minimum atomic E-state index is -0.181. The van der Waals surface area contributed by atoms with Gasteiger partial charge in [-0.15, -0.1) is 0 Å². The number of rotatable bonds is 3. The zero-order chi connectivity index (χ0) is 18.1. The Balaban J connectivity index is 1.28. The van der Waals surface area contributed by atoms with Gasteiger partial charge >= 0.3 is 0 Å². The Labute approximate surface area is 154 Å². The molecule has 1 aromatic heterocycles. The van der Waals surface area contributed by atoms with Crippen molar-refractivity contribution in [2.75, 3.05) is 39.3 Å². The van der Waals surface area contributed by atoms with Crippen LogP contribution in [0.3, 0.4) is 0 Å². The van der Waals surface area contributed by atoms with E-state index in [0.717, 1.165) is 77.3 Å². The molecule has 3 aliphatic rings. The maximum Gasteiger partial charge on any atom is 0.271 e. The Hall–Kier alpha value is -1.44. The summed E-state index contributed by atoms with van der Waals surface area (Å²) in [5, 5.41) is 9.85. The van der Waals surface area contributed by atoms with Gasteiger partial charge in [0.25, 0.3) is 5.91 Å². The monoisotopic (exact) mass is 362 g/mol. The molecule has 144 valence electrons. The molecule has 26 heavy (non-hydrogen) atoms. The van der Waals surface area contributed by atoms with Gasteiger partial charge in [-0.25, -0.2) is 4.98 Å². The van der Waals surface area contributed by atoms with Crippen LogP contribution >= 0.6 is 0 Å². The summed E-state index contributed by atoms with van der Waals surface area (Å²) >= 11 is 0. The molecule has 2 N–H and O–H groups in total. The van der Waals surface area contributed by atoms with Gasteiger partial charge in [0.15, 0.2) is 0 Å². The second-order valence-electron chi connectivity index (χ2n) is 8.37. The van der Waals surface area contributed by atoms with E-state index in [1.807, 2.05) is 11.8 Å². The number of carbonyl (C=O) groups excluding carboxylic acids is 1. The van der Waals surface area contributed by atoms with Gasteiger partial charge in [0.1, 0.15) is 11.5 Å². The molecule has 3 fully saturated rings. The number of likely N-dealkylation sites (tertiary alicyclic amines) is 2. The molecule has 0 saturated carbocycles. The molecule has 0 radical (unpaired) electrons. The fraction of sp³-hybridized carbons (Fsp3) is 0.789. The van der Waals surface area contributed by atoms with Crippen molar-refractivity contribution < 1.29 is 14.6 Å². The first-order valence-electron chi connectivity index (χ1n) is 9.86. The second-order valence-corrected chi connectivity index (χ2v) is 8.37.